The molecule has 23 heavy (non-hydrogen) atoms. The molecule has 1 aromatic heterocycles. The predicted octanol–water partition coefficient (Wildman–Crippen LogP) is 2.65. The normalized spacial score (nSPS) is 22.4. The van der Waals surface area contributed by atoms with Crippen molar-refractivity contribution in [2.24, 2.45) is 0 Å². The molecule has 8 heteroatoms. The van der Waals surface area contributed by atoms with E-state index in [0.717, 1.165) is 5.56 Å². The highest BCUT2D eigenvalue weighted by molar-refractivity contribution is 5.94. The molecule has 0 bridgehead atoms. The third kappa shape index (κ3) is 2.39. The van der Waals surface area contributed by atoms with E-state index in [4.69, 9.17) is 0 Å². The van der Waals surface area contributed by atoms with Gasteiger partial charge in [0.15, 0.2) is 5.60 Å². The lowest BCUT2D eigenvalue weighted by Gasteiger charge is -2.34. The maximum absolute atomic E-state index is 13.4. The summed E-state index contributed by atoms with van der Waals surface area (Å²) in [6, 6.07) is 8.85. The Morgan fingerprint density at radius 3 is 2.57 bits per heavy atom. The number of amides is 1. The van der Waals surface area contributed by atoms with Crippen molar-refractivity contribution in [3.05, 3.63) is 47.2 Å². The van der Waals surface area contributed by atoms with Crippen molar-refractivity contribution >= 4 is 11.7 Å². The summed E-state index contributed by atoms with van der Waals surface area (Å²) in [6.45, 7) is 1.69. The summed E-state index contributed by atoms with van der Waals surface area (Å²) in [7, 11) is 0. The van der Waals surface area contributed by atoms with Crippen LogP contribution in [0.4, 0.5) is 19.0 Å². The quantitative estimate of drug-likeness (QED) is 0.794. The molecule has 0 radical (unpaired) electrons. The number of hydrogen-bond donors (Lipinski definition) is 3. The molecule has 2 unspecified atom stereocenters. The molecule has 1 aliphatic heterocycles. The van der Waals surface area contributed by atoms with Crippen LogP contribution in [-0.2, 0) is 10.4 Å². The third-order valence-corrected chi connectivity index (χ3v) is 4.07. The van der Waals surface area contributed by atoms with E-state index in [-0.39, 0.29) is 11.5 Å². The maximum atomic E-state index is 13.4. The second-order valence-electron chi connectivity index (χ2n) is 5.57. The first kappa shape index (κ1) is 15.5. The molecule has 2 aromatic rings. The molecular formula is C15H14F3N3O2. The lowest BCUT2D eigenvalue weighted by molar-refractivity contribution is -0.267. The van der Waals surface area contributed by atoms with Gasteiger partial charge in [-0.05, 0) is 5.56 Å². The number of rotatable bonds is 2. The van der Waals surface area contributed by atoms with Gasteiger partial charge in [-0.15, -0.1) is 0 Å². The molecule has 1 aliphatic rings. The minimum atomic E-state index is -4.99. The average molecular weight is 325 g/mol. The van der Waals surface area contributed by atoms with Crippen molar-refractivity contribution in [1.29, 1.82) is 0 Å². The smallest absolute Gasteiger partial charge is 0.376 e. The van der Waals surface area contributed by atoms with Gasteiger partial charge in [-0.1, -0.05) is 37.3 Å². The largest absolute Gasteiger partial charge is 0.422 e. The number of anilines is 1. The van der Waals surface area contributed by atoms with Gasteiger partial charge >= 0.3 is 6.18 Å². The molecule has 1 aromatic carbocycles. The van der Waals surface area contributed by atoms with Crippen LogP contribution >= 0.6 is 0 Å². The zero-order valence-corrected chi connectivity index (χ0v) is 12.1. The van der Waals surface area contributed by atoms with Crippen molar-refractivity contribution < 1.29 is 23.1 Å². The standard InChI is InChI=1S/C15H14F3N3O2/c1-8(9-5-3-2-4-6-9)12-11-13(21-20-12)19-10(22)7-14(11,23)15(16,17)18/h2-6,8,23H,7H2,1H3,(H2,19,20,21,22). The van der Waals surface area contributed by atoms with Gasteiger partial charge < -0.3 is 10.4 Å². The Bertz CT molecular complexity index is 742. The SMILES string of the molecule is CC(c1ccccc1)c1n[nH]c2c1C(O)(C(F)(F)F)CC(=O)N2. The van der Waals surface area contributed by atoms with E-state index in [1.165, 1.54) is 0 Å². The molecule has 3 rings (SSSR count). The van der Waals surface area contributed by atoms with Crippen LogP contribution in [-0.4, -0.2) is 27.4 Å². The number of fused-ring (bicyclic) bond motifs is 1. The van der Waals surface area contributed by atoms with Crippen molar-refractivity contribution in [3.63, 3.8) is 0 Å². The molecule has 5 nitrogen and oxygen atoms in total. The monoisotopic (exact) mass is 325 g/mol. The maximum Gasteiger partial charge on any atom is 0.422 e. The Morgan fingerprint density at radius 1 is 1.30 bits per heavy atom. The Labute approximate surface area is 129 Å². The minimum Gasteiger partial charge on any atom is -0.376 e. The molecule has 0 saturated heterocycles. The number of hydrogen-bond acceptors (Lipinski definition) is 3. The van der Waals surface area contributed by atoms with Gasteiger partial charge in [-0.2, -0.15) is 18.3 Å². The van der Waals surface area contributed by atoms with Gasteiger partial charge in [0.1, 0.15) is 5.82 Å². The number of H-pyrrole nitrogens is 1. The van der Waals surface area contributed by atoms with Crippen molar-refractivity contribution in [2.75, 3.05) is 5.32 Å². The summed E-state index contributed by atoms with van der Waals surface area (Å²) in [5, 5.41) is 18.9. The summed E-state index contributed by atoms with van der Waals surface area (Å²) in [4.78, 5) is 11.5. The van der Waals surface area contributed by atoms with Gasteiger partial charge in [-0.3, -0.25) is 9.89 Å². The van der Waals surface area contributed by atoms with E-state index in [2.05, 4.69) is 15.5 Å². The molecule has 1 amide bonds. The number of benzene rings is 1. The van der Waals surface area contributed by atoms with E-state index >= 15 is 0 Å². The molecule has 2 atom stereocenters. The molecule has 0 aliphatic carbocycles. The average Bonchev–Trinajstić information content (AvgIpc) is 2.90. The number of aromatic nitrogens is 2. The number of nitrogens with zero attached hydrogens (tertiary/aromatic N) is 1. The number of aliphatic hydroxyl groups is 1. The Morgan fingerprint density at radius 2 is 1.96 bits per heavy atom. The summed E-state index contributed by atoms with van der Waals surface area (Å²) in [5.74, 6) is -1.61. The van der Waals surface area contributed by atoms with Gasteiger partial charge in [0, 0.05) is 5.92 Å². The number of alkyl halides is 3. The van der Waals surface area contributed by atoms with Crippen LogP contribution in [0, 0.1) is 0 Å². The van der Waals surface area contributed by atoms with Crippen molar-refractivity contribution in [1.82, 2.24) is 10.2 Å². The second-order valence-corrected chi connectivity index (χ2v) is 5.57. The Kier molecular flexibility index (Phi) is 3.44. The summed E-state index contributed by atoms with van der Waals surface area (Å²) < 4.78 is 40.3. The van der Waals surface area contributed by atoms with Gasteiger partial charge in [0.05, 0.1) is 17.7 Å². The molecular weight excluding hydrogens is 311 g/mol. The van der Waals surface area contributed by atoms with Crippen LogP contribution in [0.3, 0.4) is 0 Å². The number of aromatic amines is 1. The number of halogens is 3. The van der Waals surface area contributed by atoms with E-state index in [9.17, 15) is 23.1 Å². The summed E-state index contributed by atoms with van der Waals surface area (Å²) in [5.41, 5.74) is -2.86. The first-order valence-electron chi connectivity index (χ1n) is 6.96. The summed E-state index contributed by atoms with van der Waals surface area (Å²) >= 11 is 0. The van der Waals surface area contributed by atoms with Crippen LogP contribution in [0.1, 0.15) is 36.1 Å². The lowest BCUT2D eigenvalue weighted by Crippen LogP contribution is -2.48. The number of nitrogens with one attached hydrogen (secondary N) is 2. The van der Waals surface area contributed by atoms with Gasteiger partial charge in [0.25, 0.3) is 0 Å². The predicted molar refractivity (Wildman–Crippen MR) is 75.7 cm³/mol. The zero-order valence-electron chi connectivity index (χ0n) is 12.1. The van der Waals surface area contributed by atoms with E-state index < -0.39 is 35.6 Å². The van der Waals surface area contributed by atoms with E-state index in [1.807, 2.05) is 0 Å². The lowest BCUT2D eigenvalue weighted by atomic mass is 9.82. The van der Waals surface area contributed by atoms with E-state index in [1.54, 1.807) is 37.3 Å². The Balaban J connectivity index is 2.15. The highest BCUT2D eigenvalue weighted by Crippen LogP contribution is 2.49. The molecule has 0 saturated carbocycles. The van der Waals surface area contributed by atoms with Crippen LogP contribution < -0.4 is 5.32 Å². The van der Waals surface area contributed by atoms with Crippen molar-refractivity contribution in [2.45, 2.75) is 31.0 Å². The van der Waals surface area contributed by atoms with Gasteiger partial charge in [0.2, 0.25) is 5.91 Å². The fourth-order valence-corrected chi connectivity index (χ4v) is 2.82. The first-order chi connectivity index (χ1) is 10.7. The number of carbonyl (C=O) groups is 1. The van der Waals surface area contributed by atoms with E-state index in [0.29, 0.717) is 0 Å². The van der Waals surface area contributed by atoms with Crippen LogP contribution in [0.5, 0.6) is 0 Å². The summed E-state index contributed by atoms with van der Waals surface area (Å²) in [6.07, 6.45) is -6.08. The topological polar surface area (TPSA) is 78.0 Å². The zero-order chi connectivity index (χ0) is 16.8. The van der Waals surface area contributed by atoms with Crippen molar-refractivity contribution in [3.8, 4) is 0 Å². The Hall–Kier alpha value is -2.35. The highest BCUT2D eigenvalue weighted by Gasteiger charge is 2.60. The fourth-order valence-electron chi connectivity index (χ4n) is 2.82. The molecule has 3 N–H and O–H groups in total. The fraction of sp³-hybridized carbons (Fsp3) is 0.333. The second kappa shape index (κ2) is 5.09. The first-order valence-corrected chi connectivity index (χ1v) is 6.96. The van der Waals surface area contributed by atoms with Gasteiger partial charge in [-0.25, -0.2) is 0 Å². The molecule has 122 valence electrons. The van der Waals surface area contributed by atoms with Crippen LogP contribution in [0.15, 0.2) is 30.3 Å². The third-order valence-electron chi connectivity index (χ3n) is 4.07. The molecule has 0 spiro atoms. The van der Waals surface area contributed by atoms with Crippen LogP contribution in [0.25, 0.3) is 0 Å². The number of carbonyl (C=O) groups excluding carboxylic acids is 1. The molecule has 0 fully saturated rings. The highest BCUT2D eigenvalue weighted by atomic mass is 19.4. The van der Waals surface area contributed by atoms with Crippen LogP contribution in [0.2, 0.25) is 0 Å². The molecule has 2 heterocycles. The minimum absolute atomic E-state index is 0.0611.